The minimum absolute atomic E-state index is 0.163. The van der Waals surface area contributed by atoms with E-state index in [9.17, 15) is 9.59 Å². The second kappa shape index (κ2) is 9.01. The molecule has 0 aliphatic carbocycles. The monoisotopic (exact) mass is 451 g/mol. The number of carbonyl (C=O) groups is 2. The molecule has 3 aliphatic rings. The van der Waals surface area contributed by atoms with Crippen LogP contribution in [0.2, 0.25) is 0 Å². The lowest BCUT2D eigenvalue weighted by Crippen LogP contribution is -2.66. The lowest BCUT2D eigenvalue weighted by atomic mass is 10.1. The third-order valence-electron chi connectivity index (χ3n) is 6.54. The maximum atomic E-state index is 13.3. The Labute approximate surface area is 193 Å². The fourth-order valence-corrected chi connectivity index (χ4v) is 4.90. The Morgan fingerprint density at radius 3 is 2.45 bits per heavy atom. The number of methoxy groups -OCH3 is 1. The van der Waals surface area contributed by atoms with Gasteiger partial charge in [0.25, 0.3) is 5.91 Å². The number of likely N-dealkylation sites (N-methyl/N-ethyl adjacent to an activating group) is 1. The highest BCUT2D eigenvalue weighted by Gasteiger charge is 2.55. The Balaban J connectivity index is 1.35. The van der Waals surface area contributed by atoms with Crippen molar-refractivity contribution in [1.29, 1.82) is 0 Å². The van der Waals surface area contributed by atoms with Crippen LogP contribution in [0.5, 0.6) is 11.5 Å². The molecule has 9 heteroatoms. The number of rotatable bonds is 6. The van der Waals surface area contributed by atoms with E-state index >= 15 is 0 Å². The molecule has 3 heterocycles. The molecule has 1 N–H and O–H groups in total. The number of benzene rings is 2. The zero-order valence-corrected chi connectivity index (χ0v) is 18.9. The molecule has 3 saturated heterocycles. The molecule has 2 aromatic rings. The van der Waals surface area contributed by atoms with Crippen LogP contribution in [0.3, 0.4) is 0 Å². The first-order valence-electron chi connectivity index (χ1n) is 11.3. The second-order valence-corrected chi connectivity index (χ2v) is 8.50. The van der Waals surface area contributed by atoms with Crippen LogP contribution in [0.25, 0.3) is 0 Å². The van der Waals surface area contributed by atoms with Gasteiger partial charge >= 0.3 is 6.03 Å². The Kier molecular flexibility index (Phi) is 5.92. The standard InChI is InChI=1S/C24H29N5O4/c1-26-21-20(22(30)29(24(26)31)15-16-32-2)28-14-6-13-27(23(28)25-21)17-9-11-19(12-10-17)33-18-7-4-3-5-8-18/h3-5,7-12,20-21,23,25H,6,13-16H2,1-2H3. The number of nitrogens with one attached hydrogen (secondary N) is 1. The molecule has 3 aliphatic heterocycles. The van der Waals surface area contributed by atoms with Gasteiger partial charge in [-0.1, -0.05) is 18.2 Å². The highest BCUT2D eigenvalue weighted by molar-refractivity contribution is 6.00. The number of hydrogen-bond acceptors (Lipinski definition) is 7. The lowest BCUT2D eigenvalue weighted by Gasteiger charge is -2.43. The Morgan fingerprint density at radius 2 is 1.73 bits per heavy atom. The summed E-state index contributed by atoms with van der Waals surface area (Å²) in [5.41, 5.74) is 1.04. The fourth-order valence-electron chi connectivity index (χ4n) is 4.90. The van der Waals surface area contributed by atoms with Gasteiger partial charge in [0.2, 0.25) is 0 Å². The van der Waals surface area contributed by atoms with Gasteiger partial charge in [-0.15, -0.1) is 0 Å². The van der Waals surface area contributed by atoms with Crippen LogP contribution in [0.15, 0.2) is 54.6 Å². The molecule has 33 heavy (non-hydrogen) atoms. The Morgan fingerprint density at radius 1 is 1.00 bits per heavy atom. The van der Waals surface area contributed by atoms with Crippen molar-refractivity contribution in [3.8, 4) is 11.5 Å². The molecule has 3 unspecified atom stereocenters. The summed E-state index contributed by atoms with van der Waals surface area (Å²) in [5, 5.41) is 3.53. The van der Waals surface area contributed by atoms with Crippen molar-refractivity contribution in [1.82, 2.24) is 20.0 Å². The molecule has 0 bridgehead atoms. The summed E-state index contributed by atoms with van der Waals surface area (Å²) in [6.07, 6.45) is 0.387. The zero-order valence-electron chi connectivity index (χ0n) is 18.9. The van der Waals surface area contributed by atoms with Crippen LogP contribution < -0.4 is 15.0 Å². The summed E-state index contributed by atoms with van der Waals surface area (Å²) in [4.78, 5) is 33.5. The van der Waals surface area contributed by atoms with Gasteiger partial charge < -0.3 is 19.3 Å². The van der Waals surface area contributed by atoms with Gasteiger partial charge in [0, 0.05) is 32.9 Å². The van der Waals surface area contributed by atoms with Crippen LogP contribution in [0.1, 0.15) is 6.42 Å². The SMILES string of the molecule is COCCN1C(=O)C2C(NC3N(c4ccc(Oc5ccccc5)cc4)CCCN23)N(C)C1=O. The molecule has 5 rings (SSSR count). The number of fused-ring (bicyclic) bond motifs is 3. The van der Waals surface area contributed by atoms with Crippen LogP contribution in [-0.4, -0.2) is 85.5 Å². The third-order valence-corrected chi connectivity index (χ3v) is 6.54. The van der Waals surface area contributed by atoms with Gasteiger partial charge in [-0.3, -0.25) is 19.9 Å². The van der Waals surface area contributed by atoms with E-state index in [0.29, 0.717) is 6.61 Å². The molecular formula is C24H29N5O4. The van der Waals surface area contributed by atoms with E-state index in [-0.39, 0.29) is 30.9 Å². The van der Waals surface area contributed by atoms with Crippen molar-refractivity contribution in [3.63, 3.8) is 0 Å². The molecular weight excluding hydrogens is 422 g/mol. The van der Waals surface area contributed by atoms with Crippen molar-refractivity contribution in [3.05, 3.63) is 54.6 Å². The molecule has 0 radical (unpaired) electrons. The van der Waals surface area contributed by atoms with Crippen molar-refractivity contribution in [2.45, 2.75) is 24.9 Å². The second-order valence-electron chi connectivity index (χ2n) is 8.50. The molecule has 2 aromatic carbocycles. The summed E-state index contributed by atoms with van der Waals surface area (Å²) in [6.45, 7) is 2.22. The number of hydrogen-bond donors (Lipinski definition) is 1. The fraction of sp³-hybridized carbons (Fsp3) is 0.417. The molecule has 3 fully saturated rings. The lowest BCUT2D eigenvalue weighted by molar-refractivity contribution is -0.139. The van der Waals surface area contributed by atoms with Crippen LogP contribution in [-0.2, 0) is 9.53 Å². The van der Waals surface area contributed by atoms with Gasteiger partial charge in [-0.2, -0.15) is 0 Å². The average Bonchev–Trinajstić information content (AvgIpc) is 3.24. The highest BCUT2D eigenvalue weighted by atomic mass is 16.5. The maximum absolute atomic E-state index is 13.3. The molecule has 0 saturated carbocycles. The summed E-state index contributed by atoms with van der Waals surface area (Å²) >= 11 is 0. The third kappa shape index (κ3) is 3.92. The Hall–Kier alpha value is -3.14. The number of carbonyl (C=O) groups excluding carboxylic acids is 2. The van der Waals surface area contributed by atoms with Crippen molar-refractivity contribution in [2.24, 2.45) is 0 Å². The van der Waals surface area contributed by atoms with E-state index in [1.165, 1.54) is 4.90 Å². The van der Waals surface area contributed by atoms with E-state index in [4.69, 9.17) is 9.47 Å². The summed E-state index contributed by atoms with van der Waals surface area (Å²) in [7, 11) is 3.31. The van der Waals surface area contributed by atoms with Crippen molar-refractivity contribution in [2.75, 3.05) is 45.3 Å². The topological polar surface area (TPSA) is 77.6 Å². The van der Waals surface area contributed by atoms with Crippen molar-refractivity contribution < 1.29 is 19.1 Å². The Bertz CT molecular complexity index is 1000. The van der Waals surface area contributed by atoms with Crippen molar-refractivity contribution >= 4 is 17.6 Å². The quantitative estimate of drug-likeness (QED) is 0.721. The van der Waals surface area contributed by atoms with Crippen LogP contribution >= 0.6 is 0 Å². The summed E-state index contributed by atoms with van der Waals surface area (Å²) in [5.74, 6) is 1.39. The predicted molar refractivity (Wildman–Crippen MR) is 123 cm³/mol. The first-order chi connectivity index (χ1) is 16.1. The normalized spacial score (nSPS) is 25.3. The van der Waals surface area contributed by atoms with Crippen LogP contribution in [0.4, 0.5) is 10.5 Å². The van der Waals surface area contributed by atoms with Gasteiger partial charge in [-0.25, -0.2) is 4.79 Å². The smallest absolute Gasteiger partial charge is 0.327 e. The molecule has 3 amide bonds. The van der Waals surface area contributed by atoms with E-state index in [0.717, 1.165) is 36.7 Å². The summed E-state index contributed by atoms with van der Waals surface area (Å²) in [6, 6.07) is 17.0. The van der Waals surface area contributed by atoms with E-state index in [1.807, 2.05) is 54.6 Å². The molecule has 0 spiro atoms. The first-order valence-corrected chi connectivity index (χ1v) is 11.3. The molecule has 0 aromatic heterocycles. The van der Waals surface area contributed by atoms with Crippen LogP contribution in [0, 0.1) is 0 Å². The largest absolute Gasteiger partial charge is 0.457 e. The maximum Gasteiger partial charge on any atom is 0.327 e. The van der Waals surface area contributed by atoms with Gasteiger partial charge in [0.1, 0.15) is 30.0 Å². The number of para-hydroxylation sites is 1. The highest BCUT2D eigenvalue weighted by Crippen LogP contribution is 2.34. The van der Waals surface area contributed by atoms with E-state index in [2.05, 4.69) is 15.1 Å². The first kappa shape index (κ1) is 21.7. The zero-order chi connectivity index (χ0) is 22.9. The number of amides is 3. The molecule has 174 valence electrons. The minimum Gasteiger partial charge on any atom is -0.457 e. The van der Waals surface area contributed by atoms with E-state index < -0.39 is 6.04 Å². The molecule has 3 atom stereocenters. The predicted octanol–water partition coefficient (Wildman–Crippen LogP) is 2.11. The van der Waals surface area contributed by atoms with E-state index in [1.54, 1.807) is 19.1 Å². The summed E-state index contributed by atoms with van der Waals surface area (Å²) < 4.78 is 11.0. The average molecular weight is 452 g/mol. The number of ether oxygens (including phenoxy) is 2. The van der Waals surface area contributed by atoms with Gasteiger partial charge in [0.05, 0.1) is 13.2 Å². The number of urea groups is 1. The number of imide groups is 1. The minimum atomic E-state index is -0.418. The number of anilines is 1. The van der Waals surface area contributed by atoms with Gasteiger partial charge in [-0.05, 0) is 42.8 Å². The molecule has 9 nitrogen and oxygen atoms in total. The number of nitrogens with zero attached hydrogens (tertiary/aromatic N) is 4. The van der Waals surface area contributed by atoms with Gasteiger partial charge in [0.15, 0.2) is 0 Å².